The van der Waals surface area contributed by atoms with Crippen LogP contribution in [-0.2, 0) is 6.54 Å². The molecule has 1 aromatic carbocycles. The zero-order valence-corrected chi connectivity index (χ0v) is 12.2. The number of alkyl halides is 1. The SMILES string of the molecule is CC(Cl)c1nc2cccnc2n1Cc1cccc(C#N)c1. The Balaban J connectivity index is 2.10. The Labute approximate surface area is 127 Å². The highest BCUT2D eigenvalue weighted by molar-refractivity contribution is 6.20. The van der Waals surface area contributed by atoms with Crippen molar-refractivity contribution in [2.75, 3.05) is 0 Å². The minimum Gasteiger partial charge on any atom is -0.307 e. The molecule has 0 spiro atoms. The first-order chi connectivity index (χ1) is 10.2. The molecule has 0 radical (unpaired) electrons. The maximum atomic E-state index is 9.00. The normalized spacial score (nSPS) is 12.2. The van der Waals surface area contributed by atoms with Crippen LogP contribution in [0.3, 0.4) is 0 Å². The molecule has 0 saturated heterocycles. The predicted octanol–water partition coefficient (Wildman–Crippen LogP) is 3.65. The van der Waals surface area contributed by atoms with E-state index in [2.05, 4.69) is 16.0 Å². The van der Waals surface area contributed by atoms with E-state index in [0.29, 0.717) is 12.1 Å². The van der Waals surface area contributed by atoms with Crippen LogP contribution < -0.4 is 0 Å². The van der Waals surface area contributed by atoms with Crippen molar-refractivity contribution < 1.29 is 0 Å². The number of fused-ring (bicyclic) bond motifs is 1. The van der Waals surface area contributed by atoms with E-state index in [1.165, 1.54) is 0 Å². The summed E-state index contributed by atoms with van der Waals surface area (Å²) in [6.07, 6.45) is 1.74. The number of halogens is 1. The maximum absolute atomic E-state index is 9.00. The summed E-state index contributed by atoms with van der Waals surface area (Å²) >= 11 is 6.24. The molecule has 21 heavy (non-hydrogen) atoms. The molecule has 0 saturated carbocycles. The van der Waals surface area contributed by atoms with Crippen LogP contribution in [0.25, 0.3) is 11.2 Å². The van der Waals surface area contributed by atoms with Crippen molar-refractivity contribution in [3.05, 3.63) is 59.5 Å². The summed E-state index contributed by atoms with van der Waals surface area (Å²) in [5, 5.41) is 8.79. The summed E-state index contributed by atoms with van der Waals surface area (Å²) in [7, 11) is 0. The van der Waals surface area contributed by atoms with E-state index in [-0.39, 0.29) is 5.38 Å². The Morgan fingerprint density at radius 2 is 2.19 bits per heavy atom. The predicted molar refractivity (Wildman–Crippen MR) is 82.1 cm³/mol. The minimum absolute atomic E-state index is 0.210. The number of aromatic nitrogens is 3. The number of benzene rings is 1. The van der Waals surface area contributed by atoms with Gasteiger partial charge in [0.15, 0.2) is 5.65 Å². The fourth-order valence-corrected chi connectivity index (χ4v) is 2.52. The molecule has 3 rings (SSSR count). The summed E-state index contributed by atoms with van der Waals surface area (Å²) in [6.45, 7) is 2.49. The largest absolute Gasteiger partial charge is 0.307 e. The van der Waals surface area contributed by atoms with Gasteiger partial charge in [0.1, 0.15) is 11.3 Å². The van der Waals surface area contributed by atoms with Gasteiger partial charge in [0.2, 0.25) is 0 Å². The molecule has 0 aliphatic rings. The Hall–Kier alpha value is -2.38. The number of pyridine rings is 1. The molecule has 0 bridgehead atoms. The molecule has 104 valence electrons. The van der Waals surface area contributed by atoms with Crippen molar-refractivity contribution in [2.45, 2.75) is 18.8 Å². The van der Waals surface area contributed by atoms with Gasteiger partial charge in [-0.15, -0.1) is 11.6 Å². The van der Waals surface area contributed by atoms with Crippen LogP contribution in [0.15, 0.2) is 42.6 Å². The van der Waals surface area contributed by atoms with Gasteiger partial charge >= 0.3 is 0 Å². The lowest BCUT2D eigenvalue weighted by Gasteiger charge is -2.10. The molecule has 0 amide bonds. The van der Waals surface area contributed by atoms with Crippen molar-refractivity contribution >= 4 is 22.8 Å². The molecule has 0 fully saturated rings. The molecular formula is C16H13ClN4. The van der Waals surface area contributed by atoms with Gasteiger partial charge < -0.3 is 4.57 Å². The second kappa shape index (κ2) is 5.55. The van der Waals surface area contributed by atoms with Crippen molar-refractivity contribution in [3.8, 4) is 6.07 Å². The Bertz CT molecular complexity index is 830. The summed E-state index contributed by atoms with van der Waals surface area (Å²) < 4.78 is 2.00. The molecule has 0 aliphatic carbocycles. The quantitative estimate of drug-likeness (QED) is 0.693. The smallest absolute Gasteiger partial charge is 0.160 e. The third-order valence-electron chi connectivity index (χ3n) is 3.29. The number of nitriles is 1. The van der Waals surface area contributed by atoms with Gasteiger partial charge in [-0.05, 0) is 36.8 Å². The lowest BCUT2D eigenvalue weighted by atomic mass is 10.1. The van der Waals surface area contributed by atoms with Gasteiger partial charge in [-0.2, -0.15) is 5.26 Å². The van der Waals surface area contributed by atoms with Gasteiger partial charge in [-0.3, -0.25) is 0 Å². The first-order valence-electron chi connectivity index (χ1n) is 6.63. The van der Waals surface area contributed by atoms with Crippen LogP contribution in [-0.4, -0.2) is 14.5 Å². The molecule has 5 heteroatoms. The van der Waals surface area contributed by atoms with Gasteiger partial charge in [-0.1, -0.05) is 12.1 Å². The highest BCUT2D eigenvalue weighted by Gasteiger charge is 2.15. The molecule has 4 nitrogen and oxygen atoms in total. The van der Waals surface area contributed by atoms with Crippen LogP contribution in [0.4, 0.5) is 0 Å². The lowest BCUT2D eigenvalue weighted by Crippen LogP contribution is -2.06. The molecule has 1 atom stereocenters. The van der Waals surface area contributed by atoms with E-state index in [1.807, 2.05) is 41.8 Å². The maximum Gasteiger partial charge on any atom is 0.160 e. The molecule has 2 aromatic heterocycles. The monoisotopic (exact) mass is 296 g/mol. The molecule has 0 N–H and O–H groups in total. The van der Waals surface area contributed by atoms with E-state index in [0.717, 1.165) is 22.6 Å². The first-order valence-corrected chi connectivity index (χ1v) is 7.07. The van der Waals surface area contributed by atoms with Gasteiger partial charge in [-0.25, -0.2) is 9.97 Å². The minimum atomic E-state index is -0.210. The molecule has 0 aliphatic heterocycles. The molecule has 2 heterocycles. The topological polar surface area (TPSA) is 54.5 Å². The van der Waals surface area contributed by atoms with Crippen molar-refractivity contribution in [1.29, 1.82) is 5.26 Å². The summed E-state index contributed by atoms with van der Waals surface area (Å²) in [5.74, 6) is 0.785. The van der Waals surface area contributed by atoms with E-state index in [9.17, 15) is 0 Å². The van der Waals surface area contributed by atoms with Crippen molar-refractivity contribution in [1.82, 2.24) is 14.5 Å². The Morgan fingerprint density at radius 3 is 2.95 bits per heavy atom. The highest BCUT2D eigenvalue weighted by atomic mass is 35.5. The third kappa shape index (κ3) is 2.61. The summed E-state index contributed by atoms with van der Waals surface area (Å²) in [6, 6.07) is 13.5. The summed E-state index contributed by atoms with van der Waals surface area (Å²) in [5.41, 5.74) is 3.31. The number of hydrogen-bond donors (Lipinski definition) is 0. The van der Waals surface area contributed by atoms with Crippen molar-refractivity contribution in [3.63, 3.8) is 0 Å². The Kier molecular flexibility index (Phi) is 3.59. The molecule has 1 unspecified atom stereocenters. The van der Waals surface area contributed by atoms with E-state index >= 15 is 0 Å². The van der Waals surface area contributed by atoms with E-state index in [1.54, 1.807) is 12.3 Å². The average Bonchev–Trinajstić information content (AvgIpc) is 2.87. The molecule has 3 aromatic rings. The Morgan fingerprint density at radius 1 is 1.33 bits per heavy atom. The van der Waals surface area contributed by atoms with Crippen LogP contribution in [0, 0.1) is 11.3 Å². The fourth-order valence-electron chi connectivity index (χ4n) is 2.36. The number of hydrogen-bond acceptors (Lipinski definition) is 3. The fraction of sp³-hybridized carbons (Fsp3) is 0.188. The van der Waals surface area contributed by atoms with Crippen LogP contribution in [0.2, 0.25) is 0 Å². The first kappa shape index (κ1) is 13.6. The third-order valence-corrected chi connectivity index (χ3v) is 3.48. The van der Waals surface area contributed by atoms with E-state index < -0.39 is 0 Å². The van der Waals surface area contributed by atoms with Crippen LogP contribution >= 0.6 is 11.6 Å². The summed E-state index contributed by atoms with van der Waals surface area (Å²) in [4.78, 5) is 8.95. The van der Waals surface area contributed by atoms with Gasteiger partial charge in [0.05, 0.1) is 23.6 Å². The number of rotatable bonds is 3. The standard InChI is InChI=1S/C16H13ClN4/c1-11(17)15-20-14-6-3-7-19-16(14)21(15)10-13-5-2-4-12(8-13)9-18/h2-8,11H,10H2,1H3. The molecular weight excluding hydrogens is 284 g/mol. The zero-order chi connectivity index (χ0) is 14.8. The van der Waals surface area contributed by atoms with Crippen LogP contribution in [0.5, 0.6) is 0 Å². The highest BCUT2D eigenvalue weighted by Crippen LogP contribution is 2.24. The van der Waals surface area contributed by atoms with Crippen LogP contribution in [0.1, 0.15) is 29.3 Å². The van der Waals surface area contributed by atoms with E-state index in [4.69, 9.17) is 16.9 Å². The zero-order valence-electron chi connectivity index (χ0n) is 11.5. The van der Waals surface area contributed by atoms with Gasteiger partial charge in [0, 0.05) is 6.20 Å². The lowest BCUT2D eigenvalue weighted by molar-refractivity contribution is 0.736. The second-order valence-electron chi connectivity index (χ2n) is 4.83. The van der Waals surface area contributed by atoms with Crippen molar-refractivity contribution in [2.24, 2.45) is 0 Å². The number of nitrogens with zero attached hydrogens (tertiary/aromatic N) is 4. The average molecular weight is 297 g/mol. The van der Waals surface area contributed by atoms with Gasteiger partial charge in [0.25, 0.3) is 0 Å². The second-order valence-corrected chi connectivity index (χ2v) is 5.49. The number of imidazole rings is 1.